The molecule has 0 spiro atoms. The Labute approximate surface area is 115 Å². The smallest absolute Gasteiger partial charge is 0.0816 e. The molecule has 2 unspecified atom stereocenters. The predicted octanol–water partition coefficient (Wildman–Crippen LogP) is 1.76. The van der Waals surface area contributed by atoms with Crippen LogP contribution in [-0.4, -0.2) is 41.2 Å². The number of nitrogens with zero attached hydrogens (tertiary/aromatic N) is 1. The number of aliphatic hydroxyl groups is 1. The molecule has 3 nitrogen and oxygen atoms in total. The maximum Gasteiger partial charge on any atom is 0.0816 e. The summed E-state index contributed by atoms with van der Waals surface area (Å²) in [6.07, 6.45) is 0.488. The molecule has 0 radical (unpaired) electrons. The first-order chi connectivity index (χ1) is 8.50. The Hall–Kier alpha value is -0.970. The summed E-state index contributed by atoms with van der Waals surface area (Å²) in [6.45, 7) is 3.42. The molecule has 0 amide bonds. The average molecular weight is 266 g/mol. The third-order valence-corrected chi connectivity index (χ3v) is 3.25. The second kappa shape index (κ2) is 7.46. The minimum absolute atomic E-state index is 0.0696. The number of aliphatic hydroxyl groups excluding tert-OH is 1. The number of hydrogen-bond donors (Lipinski definition) is 2. The number of hydrogen-bond acceptors (Lipinski definition) is 3. The van der Waals surface area contributed by atoms with Crippen molar-refractivity contribution in [3.63, 3.8) is 0 Å². The van der Waals surface area contributed by atoms with Crippen molar-refractivity contribution in [2.45, 2.75) is 25.4 Å². The minimum atomic E-state index is -0.271. The molecule has 0 aliphatic heterocycles. The van der Waals surface area contributed by atoms with Crippen LogP contribution in [0.2, 0.25) is 0 Å². The highest BCUT2D eigenvalue weighted by Gasteiger charge is 2.16. The second-order valence-electron chi connectivity index (χ2n) is 4.77. The quantitative estimate of drug-likeness (QED) is 0.738. The molecular weight excluding hydrogens is 244 g/mol. The van der Waals surface area contributed by atoms with E-state index in [2.05, 4.69) is 4.90 Å². The maximum absolute atomic E-state index is 9.28. The van der Waals surface area contributed by atoms with E-state index in [-0.39, 0.29) is 12.0 Å². The summed E-state index contributed by atoms with van der Waals surface area (Å²) in [5.41, 5.74) is 6.98. The highest BCUT2D eigenvalue weighted by atomic mass is 32.1. The van der Waals surface area contributed by atoms with E-state index in [9.17, 15) is 5.11 Å². The van der Waals surface area contributed by atoms with Gasteiger partial charge in [0.1, 0.15) is 0 Å². The molecule has 1 rings (SSSR count). The summed E-state index contributed by atoms with van der Waals surface area (Å²) in [5, 5.41) is 9.28. The molecule has 4 heteroatoms. The Balaban J connectivity index is 2.62. The first-order valence-corrected chi connectivity index (χ1v) is 6.62. The van der Waals surface area contributed by atoms with Gasteiger partial charge in [-0.1, -0.05) is 42.5 Å². The number of nitrogens with two attached hydrogens (primary N) is 1. The predicted molar refractivity (Wildman–Crippen MR) is 79.8 cm³/mol. The SMILES string of the molecule is CC(O)CCN(C)CC(C(N)=S)c1ccccc1. The number of benzene rings is 1. The highest BCUT2D eigenvalue weighted by Crippen LogP contribution is 2.17. The lowest BCUT2D eigenvalue weighted by atomic mass is 9.98. The summed E-state index contributed by atoms with van der Waals surface area (Å²) in [4.78, 5) is 2.67. The third-order valence-electron chi connectivity index (χ3n) is 2.97. The van der Waals surface area contributed by atoms with Crippen LogP contribution in [0.5, 0.6) is 0 Å². The van der Waals surface area contributed by atoms with Gasteiger partial charge in [0.15, 0.2) is 0 Å². The van der Waals surface area contributed by atoms with Crippen molar-refractivity contribution >= 4 is 17.2 Å². The van der Waals surface area contributed by atoms with Crippen LogP contribution in [0.1, 0.15) is 24.8 Å². The number of rotatable bonds is 7. The number of likely N-dealkylation sites (N-methyl/N-ethyl adjacent to an activating group) is 1. The van der Waals surface area contributed by atoms with Crippen molar-refractivity contribution in [2.24, 2.45) is 5.73 Å². The van der Waals surface area contributed by atoms with Gasteiger partial charge in [0, 0.05) is 19.0 Å². The highest BCUT2D eigenvalue weighted by molar-refractivity contribution is 7.80. The molecule has 0 aliphatic carbocycles. The molecule has 18 heavy (non-hydrogen) atoms. The first-order valence-electron chi connectivity index (χ1n) is 6.21. The van der Waals surface area contributed by atoms with E-state index in [1.54, 1.807) is 6.92 Å². The van der Waals surface area contributed by atoms with Crippen LogP contribution < -0.4 is 5.73 Å². The summed E-state index contributed by atoms with van der Waals surface area (Å²) in [6, 6.07) is 10.1. The topological polar surface area (TPSA) is 49.5 Å². The summed E-state index contributed by atoms with van der Waals surface area (Å²) >= 11 is 5.15. The summed E-state index contributed by atoms with van der Waals surface area (Å²) < 4.78 is 0. The maximum atomic E-state index is 9.28. The van der Waals surface area contributed by atoms with Gasteiger partial charge in [0.05, 0.1) is 11.1 Å². The lowest BCUT2D eigenvalue weighted by Gasteiger charge is -2.24. The van der Waals surface area contributed by atoms with Gasteiger partial charge >= 0.3 is 0 Å². The van der Waals surface area contributed by atoms with Crippen LogP contribution in [0, 0.1) is 0 Å². The first kappa shape index (κ1) is 15.1. The van der Waals surface area contributed by atoms with Crippen LogP contribution in [0.25, 0.3) is 0 Å². The Morgan fingerprint density at radius 3 is 2.50 bits per heavy atom. The average Bonchev–Trinajstić information content (AvgIpc) is 2.34. The van der Waals surface area contributed by atoms with E-state index in [4.69, 9.17) is 18.0 Å². The fraction of sp³-hybridized carbons (Fsp3) is 0.500. The second-order valence-corrected chi connectivity index (χ2v) is 5.24. The van der Waals surface area contributed by atoms with E-state index >= 15 is 0 Å². The van der Waals surface area contributed by atoms with Crippen LogP contribution in [0.4, 0.5) is 0 Å². The van der Waals surface area contributed by atoms with Gasteiger partial charge in [-0.05, 0) is 26.0 Å². The molecule has 0 saturated heterocycles. The van der Waals surface area contributed by atoms with E-state index in [0.29, 0.717) is 4.99 Å². The van der Waals surface area contributed by atoms with Crippen molar-refractivity contribution in [1.82, 2.24) is 4.90 Å². The molecule has 0 aromatic heterocycles. The van der Waals surface area contributed by atoms with E-state index < -0.39 is 0 Å². The molecule has 1 aromatic carbocycles. The fourth-order valence-electron chi connectivity index (χ4n) is 1.86. The lowest BCUT2D eigenvalue weighted by molar-refractivity contribution is 0.164. The summed E-state index contributed by atoms with van der Waals surface area (Å²) in [5.74, 6) is 0.0696. The normalized spacial score (nSPS) is 14.4. The zero-order valence-electron chi connectivity index (χ0n) is 11.0. The Bertz CT molecular complexity index is 367. The van der Waals surface area contributed by atoms with Gasteiger partial charge in [-0.15, -0.1) is 0 Å². The molecule has 2 atom stereocenters. The van der Waals surface area contributed by atoms with Gasteiger partial charge in [-0.2, -0.15) is 0 Å². The molecule has 0 heterocycles. The van der Waals surface area contributed by atoms with Crippen LogP contribution in [0.15, 0.2) is 30.3 Å². The lowest BCUT2D eigenvalue weighted by Crippen LogP contribution is -2.33. The number of thiocarbonyl (C=S) groups is 1. The molecule has 0 aliphatic rings. The largest absolute Gasteiger partial charge is 0.393 e. The van der Waals surface area contributed by atoms with Crippen LogP contribution >= 0.6 is 12.2 Å². The van der Waals surface area contributed by atoms with Crippen LogP contribution in [0.3, 0.4) is 0 Å². The van der Waals surface area contributed by atoms with Gasteiger partial charge in [-0.3, -0.25) is 0 Å². The van der Waals surface area contributed by atoms with Gasteiger partial charge in [0.2, 0.25) is 0 Å². The molecule has 0 fully saturated rings. The van der Waals surface area contributed by atoms with Crippen molar-refractivity contribution in [2.75, 3.05) is 20.1 Å². The van der Waals surface area contributed by atoms with Crippen LogP contribution in [-0.2, 0) is 0 Å². The Kier molecular flexibility index (Phi) is 6.25. The fourth-order valence-corrected chi connectivity index (χ4v) is 2.07. The zero-order valence-corrected chi connectivity index (χ0v) is 11.9. The Morgan fingerprint density at radius 1 is 1.39 bits per heavy atom. The van der Waals surface area contributed by atoms with E-state index in [1.807, 2.05) is 37.4 Å². The third kappa shape index (κ3) is 5.12. The Morgan fingerprint density at radius 2 is 2.00 bits per heavy atom. The molecular formula is C14H22N2OS. The summed E-state index contributed by atoms with van der Waals surface area (Å²) in [7, 11) is 2.02. The van der Waals surface area contributed by atoms with E-state index in [1.165, 1.54) is 0 Å². The zero-order chi connectivity index (χ0) is 13.5. The monoisotopic (exact) mass is 266 g/mol. The van der Waals surface area contributed by atoms with Crippen molar-refractivity contribution in [3.05, 3.63) is 35.9 Å². The van der Waals surface area contributed by atoms with E-state index in [0.717, 1.165) is 25.1 Å². The van der Waals surface area contributed by atoms with Gasteiger partial charge < -0.3 is 15.7 Å². The minimum Gasteiger partial charge on any atom is -0.393 e. The van der Waals surface area contributed by atoms with Crippen molar-refractivity contribution < 1.29 is 5.11 Å². The van der Waals surface area contributed by atoms with Crippen molar-refractivity contribution in [1.29, 1.82) is 0 Å². The molecule has 3 N–H and O–H groups in total. The standard InChI is InChI=1S/C14H22N2OS/c1-11(17)8-9-16(2)10-13(14(15)18)12-6-4-3-5-7-12/h3-7,11,13,17H,8-10H2,1-2H3,(H2,15,18). The molecule has 1 aromatic rings. The van der Waals surface area contributed by atoms with Crippen molar-refractivity contribution in [3.8, 4) is 0 Å². The molecule has 0 saturated carbocycles. The van der Waals surface area contributed by atoms with Gasteiger partial charge in [-0.25, -0.2) is 0 Å². The molecule has 100 valence electrons. The molecule has 0 bridgehead atoms. The van der Waals surface area contributed by atoms with Gasteiger partial charge in [0.25, 0.3) is 0 Å².